The third-order valence-electron chi connectivity index (χ3n) is 2.33. The number of nitrogens with one attached hydrogen (secondary N) is 1. The monoisotopic (exact) mass is 193 g/mol. The molecule has 0 radical (unpaired) electrons. The van der Waals surface area contributed by atoms with E-state index in [0.717, 1.165) is 0 Å². The highest BCUT2D eigenvalue weighted by Crippen LogP contribution is 2.16. The fourth-order valence-corrected chi connectivity index (χ4v) is 1.51. The van der Waals surface area contributed by atoms with Crippen LogP contribution in [0.3, 0.4) is 0 Å². The maximum absolute atomic E-state index is 9.37. The molecule has 0 aromatic carbocycles. The molecule has 1 aliphatic heterocycles. The average Bonchev–Trinajstić information content (AvgIpc) is 2.43. The van der Waals surface area contributed by atoms with Gasteiger partial charge >= 0.3 is 0 Å². The maximum atomic E-state index is 9.37. The van der Waals surface area contributed by atoms with Gasteiger partial charge in [-0.1, -0.05) is 0 Å². The first-order valence-electron chi connectivity index (χ1n) is 4.13. The van der Waals surface area contributed by atoms with Gasteiger partial charge in [-0.05, 0) is 0 Å². The van der Waals surface area contributed by atoms with E-state index in [-0.39, 0.29) is 6.61 Å². The summed E-state index contributed by atoms with van der Waals surface area (Å²) >= 11 is 0. The molecule has 6 N–H and O–H groups in total. The second kappa shape index (κ2) is 4.32. The second-order valence-corrected chi connectivity index (χ2v) is 3.21. The van der Waals surface area contributed by atoms with Crippen LogP contribution in [0.2, 0.25) is 0 Å². The lowest BCUT2D eigenvalue weighted by molar-refractivity contribution is -0.0150. The predicted octanol–water partition coefficient (Wildman–Crippen LogP) is -3.61. The van der Waals surface area contributed by atoms with Crippen molar-refractivity contribution in [3.05, 3.63) is 0 Å². The van der Waals surface area contributed by atoms with Crippen LogP contribution in [0.1, 0.15) is 0 Å². The van der Waals surface area contributed by atoms with Crippen molar-refractivity contribution >= 4 is 0 Å². The Balaban J connectivity index is 2.60. The van der Waals surface area contributed by atoms with Crippen molar-refractivity contribution in [1.82, 2.24) is 5.32 Å². The standard InChI is InChI=1S/C7H15NO5/c9-1-3-6(12)7(13)5(8-3)4(11)2-10/h3-13H,1-2H2/t3-,4+,5+,6+,7+/m1/s1. The molecule has 1 fully saturated rings. The fourth-order valence-electron chi connectivity index (χ4n) is 1.51. The summed E-state index contributed by atoms with van der Waals surface area (Å²) in [6.07, 6.45) is -3.42. The molecule has 0 spiro atoms. The topological polar surface area (TPSA) is 113 Å². The van der Waals surface area contributed by atoms with Crippen LogP contribution >= 0.6 is 0 Å². The Morgan fingerprint density at radius 2 is 1.77 bits per heavy atom. The van der Waals surface area contributed by atoms with Crippen molar-refractivity contribution in [1.29, 1.82) is 0 Å². The Morgan fingerprint density at radius 1 is 1.15 bits per heavy atom. The first kappa shape index (κ1) is 10.8. The molecule has 6 nitrogen and oxygen atoms in total. The number of hydrogen-bond donors (Lipinski definition) is 6. The van der Waals surface area contributed by atoms with Gasteiger partial charge in [0, 0.05) is 0 Å². The molecule has 0 aromatic heterocycles. The summed E-state index contributed by atoms with van der Waals surface area (Å²) in [4.78, 5) is 0. The molecule has 0 saturated carbocycles. The van der Waals surface area contributed by atoms with E-state index in [1.54, 1.807) is 0 Å². The van der Waals surface area contributed by atoms with E-state index in [9.17, 15) is 15.3 Å². The van der Waals surface area contributed by atoms with Crippen molar-refractivity contribution in [2.24, 2.45) is 0 Å². The van der Waals surface area contributed by atoms with Gasteiger partial charge in [0.15, 0.2) is 0 Å². The summed E-state index contributed by atoms with van der Waals surface area (Å²) in [6, 6.07) is -1.45. The van der Waals surface area contributed by atoms with E-state index in [4.69, 9.17) is 10.2 Å². The molecular formula is C7H15NO5. The molecule has 78 valence electrons. The van der Waals surface area contributed by atoms with Crippen LogP contribution in [0.25, 0.3) is 0 Å². The molecule has 1 rings (SSSR count). The Labute approximate surface area is 75.4 Å². The molecule has 0 unspecified atom stereocenters. The molecule has 13 heavy (non-hydrogen) atoms. The molecule has 0 bridgehead atoms. The van der Waals surface area contributed by atoms with E-state index in [0.29, 0.717) is 0 Å². The van der Waals surface area contributed by atoms with Crippen LogP contribution in [0.15, 0.2) is 0 Å². The molecule has 1 saturated heterocycles. The Kier molecular flexibility index (Phi) is 3.60. The van der Waals surface area contributed by atoms with Gasteiger partial charge in [-0.2, -0.15) is 0 Å². The molecule has 0 aliphatic carbocycles. The molecular weight excluding hydrogens is 178 g/mol. The zero-order chi connectivity index (χ0) is 10.0. The smallest absolute Gasteiger partial charge is 0.0994 e. The number of aliphatic hydroxyl groups excluding tert-OH is 5. The molecule has 5 atom stereocenters. The zero-order valence-electron chi connectivity index (χ0n) is 7.04. The summed E-state index contributed by atoms with van der Waals surface area (Å²) in [5, 5.41) is 47.9. The first-order valence-corrected chi connectivity index (χ1v) is 4.13. The van der Waals surface area contributed by atoms with E-state index in [2.05, 4.69) is 5.32 Å². The predicted molar refractivity (Wildman–Crippen MR) is 42.9 cm³/mol. The highest BCUT2D eigenvalue weighted by Gasteiger charge is 2.43. The van der Waals surface area contributed by atoms with E-state index >= 15 is 0 Å². The van der Waals surface area contributed by atoms with E-state index in [1.165, 1.54) is 0 Å². The van der Waals surface area contributed by atoms with Gasteiger partial charge in [-0.15, -0.1) is 0 Å². The minimum Gasteiger partial charge on any atom is -0.395 e. The normalized spacial score (nSPS) is 42.2. The van der Waals surface area contributed by atoms with Gasteiger partial charge in [0.1, 0.15) is 0 Å². The van der Waals surface area contributed by atoms with Gasteiger partial charge in [0.2, 0.25) is 0 Å². The van der Waals surface area contributed by atoms with Crippen LogP contribution in [-0.4, -0.2) is 69.1 Å². The van der Waals surface area contributed by atoms with Gasteiger partial charge in [-0.25, -0.2) is 0 Å². The summed E-state index contributed by atoms with van der Waals surface area (Å²) in [5.41, 5.74) is 0. The highest BCUT2D eigenvalue weighted by molar-refractivity contribution is 5.00. The second-order valence-electron chi connectivity index (χ2n) is 3.21. The minimum atomic E-state index is -1.17. The summed E-state index contributed by atoms with van der Waals surface area (Å²) in [7, 11) is 0. The maximum Gasteiger partial charge on any atom is 0.0994 e. The Bertz CT molecular complexity index is 167. The number of hydrogen-bond acceptors (Lipinski definition) is 6. The average molecular weight is 193 g/mol. The third-order valence-corrected chi connectivity index (χ3v) is 2.33. The van der Waals surface area contributed by atoms with E-state index < -0.39 is 37.0 Å². The van der Waals surface area contributed by atoms with Gasteiger partial charge in [0.05, 0.1) is 43.6 Å². The molecule has 0 amide bonds. The Morgan fingerprint density at radius 3 is 2.15 bits per heavy atom. The van der Waals surface area contributed by atoms with Crippen LogP contribution < -0.4 is 5.32 Å². The van der Waals surface area contributed by atoms with Crippen molar-refractivity contribution < 1.29 is 25.5 Å². The quantitative estimate of drug-likeness (QED) is 0.276. The SMILES string of the molecule is OC[C@H](O)[C@@H]1N[C@H](CO)[C@H](O)[C@H]1O. The first-order chi connectivity index (χ1) is 6.11. The van der Waals surface area contributed by atoms with Crippen molar-refractivity contribution in [3.8, 4) is 0 Å². The van der Waals surface area contributed by atoms with Gasteiger partial charge in [-0.3, -0.25) is 0 Å². The zero-order valence-corrected chi connectivity index (χ0v) is 7.04. The lowest BCUT2D eigenvalue weighted by Crippen LogP contribution is -2.45. The van der Waals surface area contributed by atoms with E-state index in [1.807, 2.05) is 0 Å². The summed E-state index contributed by atoms with van der Waals surface area (Å²) in [6.45, 7) is -0.827. The highest BCUT2D eigenvalue weighted by atomic mass is 16.3. The molecule has 6 heteroatoms. The largest absolute Gasteiger partial charge is 0.395 e. The number of aliphatic hydroxyl groups is 5. The molecule has 1 aliphatic rings. The van der Waals surface area contributed by atoms with Crippen LogP contribution in [0, 0.1) is 0 Å². The molecule has 0 aromatic rings. The molecule has 1 heterocycles. The van der Waals surface area contributed by atoms with Gasteiger partial charge in [0.25, 0.3) is 0 Å². The minimum absolute atomic E-state index is 0.327. The summed E-state index contributed by atoms with van der Waals surface area (Å²) < 4.78 is 0. The summed E-state index contributed by atoms with van der Waals surface area (Å²) in [5.74, 6) is 0. The third kappa shape index (κ3) is 1.98. The van der Waals surface area contributed by atoms with Crippen LogP contribution in [0.4, 0.5) is 0 Å². The lowest BCUT2D eigenvalue weighted by atomic mass is 10.0. The van der Waals surface area contributed by atoms with Crippen LogP contribution in [-0.2, 0) is 0 Å². The van der Waals surface area contributed by atoms with Crippen LogP contribution in [0.5, 0.6) is 0 Å². The van der Waals surface area contributed by atoms with Crippen molar-refractivity contribution in [2.45, 2.75) is 30.4 Å². The van der Waals surface area contributed by atoms with Crippen molar-refractivity contribution in [3.63, 3.8) is 0 Å². The van der Waals surface area contributed by atoms with Crippen molar-refractivity contribution in [2.75, 3.05) is 13.2 Å². The number of rotatable bonds is 3. The Hall–Kier alpha value is -0.240. The van der Waals surface area contributed by atoms with Gasteiger partial charge < -0.3 is 30.8 Å². The lowest BCUT2D eigenvalue weighted by Gasteiger charge is -2.19. The fraction of sp³-hybridized carbons (Fsp3) is 1.00.